The summed E-state index contributed by atoms with van der Waals surface area (Å²) in [7, 11) is 0. The summed E-state index contributed by atoms with van der Waals surface area (Å²) in [6, 6.07) is 4.57. The first-order chi connectivity index (χ1) is 6.65. The highest BCUT2D eigenvalue weighted by atomic mass is 19.1. The fourth-order valence-electron chi connectivity index (χ4n) is 1.09. The van der Waals surface area contributed by atoms with E-state index in [4.69, 9.17) is 5.73 Å². The van der Waals surface area contributed by atoms with Crippen molar-refractivity contribution in [2.24, 2.45) is 5.73 Å². The average molecular weight is 196 g/mol. The van der Waals surface area contributed by atoms with E-state index in [1.807, 2.05) is 0 Å². The van der Waals surface area contributed by atoms with Gasteiger partial charge in [-0.25, -0.2) is 4.39 Å². The molecule has 1 aromatic rings. The Labute approximate surface area is 82.1 Å². The van der Waals surface area contributed by atoms with E-state index in [2.05, 4.69) is 5.32 Å². The Morgan fingerprint density at radius 1 is 1.57 bits per heavy atom. The first kappa shape index (κ1) is 10.7. The van der Waals surface area contributed by atoms with Gasteiger partial charge < -0.3 is 11.1 Å². The zero-order valence-electron chi connectivity index (χ0n) is 8.01. The van der Waals surface area contributed by atoms with Crippen molar-refractivity contribution in [3.05, 3.63) is 29.6 Å². The van der Waals surface area contributed by atoms with Gasteiger partial charge in [-0.05, 0) is 19.1 Å². The van der Waals surface area contributed by atoms with Crippen molar-refractivity contribution in [1.82, 2.24) is 0 Å². The van der Waals surface area contributed by atoms with Crippen LogP contribution in [0.2, 0.25) is 0 Å². The van der Waals surface area contributed by atoms with Crippen LogP contribution >= 0.6 is 0 Å². The van der Waals surface area contributed by atoms with Crippen LogP contribution in [0, 0.1) is 12.7 Å². The van der Waals surface area contributed by atoms with E-state index < -0.39 is 0 Å². The summed E-state index contributed by atoms with van der Waals surface area (Å²) >= 11 is 0. The highest BCUT2D eigenvalue weighted by Gasteiger charge is 2.05. The molecule has 1 aromatic carbocycles. The quantitative estimate of drug-likeness (QED) is 0.768. The van der Waals surface area contributed by atoms with Gasteiger partial charge in [0.1, 0.15) is 5.82 Å². The molecule has 0 spiro atoms. The fraction of sp³-hybridized carbons (Fsp3) is 0.300. The molecule has 1 rings (SSSR count). The highest BCUT2D eigenvalue weighted by molar-refractivity contribution is 5.91. The van der Waals surface area contributed by atoms with Gasteiger partial charge in [0.05, 0.1) is 0 Å². The minimum absolute atomic E-state index is 0.193. The molecule has 0 unspecified atom stereocenters. The zero-order valence-corrected chi connectivity index (χ0v) is 8.01. The van der Waals surface area contributed by atoms with Crippen molar-refractivity contribution >= 4 is 11.6 Å². The number of rotatable bonds is 3. The summed E-state index contributed by atoms with van der Waals surface area (Å²) in [4.78, 5) is 11.2. The maximum atomic E-state index is 13.0. The summed E-state index contributed by atoms with van der Waals surface area (Å²) in [6.45, 7) is 1.91. The largest absolute Gasteiger partial charge is 0.330 e. The predicted molar refractivity (Wildman–Crippen MR) is 53.4 cm³/mol. The standard InChI is InChI=1S/C10H13FN2O/c1-7-8(11)3-2-4-9(7)13-10(14)5-6-12/h2-4H,5-6,12H2,1H3,(H,13,14). The zero-order chi connectivity index (χ0) is 10.6. The third-order valence-corrected chi connectivity index (χ3v) is 1.91. The van der Waals surface area contributed by atoms with Gasteiger partial charge in [-0.15, -0.1) is 0 Å². The number of carbonyl (C=O) groups excluding carboxylic acids is 1. The van der Waals surface area contributed by atoms with Gasteiger partial charge in [-0.3, -0.25) is 4.79 Å². The molecule has 0 heterocycles. The molecule has 0 saturated heterocycles. The van der Waals surface area contributed by atoms with Crippen LogP contribution in [0.1, 0.15) is 12.0 Å². The summed E-state index contributed by atoms with van der Waals surface area (Å²) in [6.07, 6.45) is 0.246. The van der Waals surface area contributed by atoms with Crippen molar-refractivity contribution in [2.45, 2.75) is 13.3 Å². The summed E-state index contributed by atoms with van der Waals surface area (Å²) in [5.41, 5.74) is 6.16. The number of anilines is 1. The van der Waals surface area contributed by atoms with E-state index in [-0.39, 0.29) is 18.1 Å². The smallest absolute Gasteiger partial charge is 0.225 e. The first-order valence-electron chi connectivity index (χ1n) is 4.40. The number of halogens is 1. The first-order valence-corrected chi connectivity index (χ1v) is 4.40. The monoisotopic (exact) mass is 196 g/mol. The van der Waals surface area contributed by atoms with E-state index in [1.54, 1.807) is 19.1 Å². The van der Waals surface area contributed by atoms with Crippen LogP contribution in [-0.4, -0.2) is 12.5 Å². The molecular weight excluding hydrogens is 183 g/mol. The minimum atomic E-state index is -0.324. The fourth-order valence-corrected chi connectivity index (χ4v) is 1.09. The Hall–Kier alpha value is -1.42. The molecule has 4 heteroatoms. The van der Waals surface area contributed by atoms with Crippen molar-refractivity contribution < 1.29 is 9.18 Å². The molecule has 0 fully saturated rings. The number of nitrogens with one attached hydrogen (secondary N) is 1. The molecule has 0 atom stereocenters. The third-order valence-electron chi connectivity index (χ3n) is 1.91. The Morgan fingerprint density at radius 2 is 2.29 bits per heavy atom. The molecular formula is C10H13FN2O. The Balaban J connectivity index is 2.76. The average Bonchev–Trinajstić information content (AvgIpc) is 2.13. The molecule has 1 amide bonds. The summed E-state index contributed by atoms with van der Waals surface area (Å²) in [5, 5.41) is 2.59. The van der Waals surface area contributed by atoms with Crippen molar-refractivity contribution in [3.8, 4) is 0 Å². The van der Waals surface area contributed by atoms with Crippen LogP contribution in [-0.2, 0) is 4.79 Å². The lowest BCUT2D eigenvalue weighted by atomic mass is 10.2. The van der Waals surface area contributed by atoms with E-state index in [1.165, 1.54) is 6.07 Å². The van der Waals surface area contributed by atoms with Crippen LogP contribution < -0.4 is 11.1 Å². The van der Waals surface area contributed by atoms with E-state index in [0.717, 1.165) is 0 Å². The molecule has 3 N–H and O–H groups in total. The second kappa shape index (κ2) is 4.72. The van der Waals surface area contributed by atoms with Crippen LogP contribution in [0.3, 0.4) is 0 Å². The van der Waals surface area contributed by atoms with E-state index in [9.17, 15) is 9.18 Å². The highest BCUT2D eigenvalue weighted by Crippen LogP contribution is 2.17. The van der Waals surface area contributed by atoms with Crippen LogP contribution in [0.5, 0.6) is 0 Å². The van der Waals surface area contributed by atoms with Gasteiger partial charge in [0.2, 0.25) is 5.91 Å². The second-order valence-corrected chi connectivity index (χ2v) is 3.00. The predicted octanol–water partition coefficient (Wildman–Crippen LogP) is 1.42. The lowest BCUT2D eigenvalue weighted by molar-refractivity contribution is -0.116. The maximum absolute atomic E-state index is 13.0. The van der Waals surface area contributed by atoms with Gasteiger partial charge >= 0.3 is 0 Å². The number of hydrogen-bond donors (Lipinski definition) is 2. The van der Waals surface area contributed by atoms with Crippen molar-refractivity contribution in [1.29, 1.82) is 0 Å². The molecule has 14 heavy (non-hydrogen) atoms. The van der Waals surface area contributed by atoms with Crippen LogP contribution in [0.4, 0.5) is 10.1 Å². The minimum Gasteiger partial charge on any atom is -0.330 e. The number of hydrogen-bond acceptors (Lipinski definition) is 2. The summed E-state index contributed by atoms with van der Waals surface area (Å²) in [5.74, 6) is -0.517. The molecule has 0 radical (unpaired) electrons. The SMILES string of the molecule is Cc1c(F)cccc1NC(=O)CCN. The van der Waals surface area contributed by atoms with Gasteiger partial charge in [0.15, 0.2) is 0 Å². The van der Waals surface area contributed by atoms with Crippen LogP contribution in [0.15, 0.2) is 18.2 Å². The lowest BCUT2D eigenvalue weighted by Gasteiger charge is -2.07. The molecule has 0 aliphatic heterocycles. The normalized spacial score (nSPS) is 9.93. The van der Waals surface area contributed by atoms with Gasteiger partial charge in [0.25, 0.3) is 0 Å². The van der Waals surface area contributed by atoms with Gasteiger partial charge in [0, 0.05) is 24.2 Å². The maximum Gasteiger partial charge on any atom is 0.225 e. The number of nitrogens with two attached hydrogens (primary N) is 1. The number of carbonyl (C=O) groups is 1. The van der Waals surface area contributed by atoms with Gasteiger partial charge in [-0.1, -0.05) is 6.07 Å². The Bertz CT molecular complexity index is 339. The molecule has 3 nitrogen and oxygen atoms in total. The number of amides is 1. The molecule has 0 aliphatic rings. The number of benzene rings is 1. The van der Waals surface area contributed by atoms with E-state index >= 15 is 0 Å². The summed E-state index contributed by atoms with van der Waals surface area (Å²) < 4.78 is 13.0. The molecule has 0 aromatic heterocycles. The van der Waals surface area contributed by atoms with Crippen LogP contribution in [0.25, 0.3) is 0 Å². The van der Waals surface area contributed by atoms with Crippen molar-refractivity contribution in [2.75, 3.05) is 11.9 Å². The van der Waals surface area contributed by atoms with Gasteiger partial charge in [-0.2, -0.15) is 0 Å². The third kappa shape index (κ3) is 2.53. The molecule has 0 aliphatic carbocycles. The Kier molecular flexibility index (Phi) is 3.59. The molecule has 76 valence electrons. The topological polar surface area (TPSA) is 55.1 Å². The van der Waals surface area contributed by atoms with Crippen molar-refractivity contribution in [3.63, 3.8) is 0 Å². The molecule has 0 saturated carbocycles. The second-order valence-electron chi connectivity index (χ2n) is 3.00. The lowest BCUT2D eigenvalue weighted by Crippen LogP contribution is -2.16. The Morgan fingerprint density at radius 3 is 2.93 bits per heavy atom. The van der Waals surface area contributed by atoms with E-state index in [0.29, 0.717) is 17.8 Å². The molecule has 0 bridgehead atoms.